The second-order valence-electron chi connectivity index (χ2n) is 4.33. The van der Waals surface area contributed by atoms with Gasteiger partial charge in [-0.05, 0) is 12.5 Å². The van der Waals surface area contributed by atoms with Gasteiger partial charge in [-0.3, -0.25) is 14.9 Å². The first-order valence-corrected chi connectivity index (χ1v) is 5.54. The fraction of sp³-hybridized carbons (Fsp3) is 0.364. The second kappa shape index (κ2) is 4.90. The Morgan fingerprint density at radius 1 is 1.58 bits per heavy atom. The quantitative estimate of drug-likeness (QED) is 0.623. The highest BCUT2D eigenvalue weighted by Crippen LogP contribution is 2.23. The number of amides is 1. The number of nitrogens with zero attached hydrogens (tertiary/aromatic N) is 1. The van der Waals surface area contributed by atoms with Crippen molar-refractivity contribution in [1.82, 2.24) is 0 Å². The molecule has 1 aliphatic rings. The molecule has 0 aromatic heterocycles. The van der Waals surface area contributed by atoms with Crippen molar-refractivity contribution in [2.75, 3.05) is 18.5 Å². The third-order valence-corrected chi connectivity index (χ3v) is 2.91. The summed E-state index contributed by atoms with van der Waals surface area (Å²) in [5.41, 5.74) is 4.00. The van der Waals surface area contributed by atoms with Crippen LogP contribution in [0, 0.1) is 15.9 Å². The van der Waals surface area contributed by atoms with E-state index in [1.807, 2.05) is 0 Å². The minimum absolute atomic E-state index is 0.0371. The minimum atomic E-state index is -1.23. The largest absolute Gasteiger partial charge is 0.379 e. The van der Waals surface area contributed by atoms with Gasteiger partial charge < -0.3 is 15.8 Å². The summed E-state index contributed by atoms with van der Waals surface area (Å²) in [7, 11) is 0. The number of rotatable bonds is 3. The lowest BCUT2D eigenvalue weighted by atomic mass is 9.99. The van der Waals surface area contributed by atoms with Gasteiger partial charge in [-0.1, -0.05) is 0 Å². The first-order valence-electron chi connectivity index (χ1n) is 5.54. The normalized spacial score (nSPS) is 22.2. The van der Waals surface area contributed by atoms with E-state index in [4.69, 9.17) is 10.5 Å². The summed E-state index contributed by atoms with van der Waals surface area (Å²) >= 11 is 0. The monoisotopic (exact) mass is 269 g/mol. The molecule has 1 unspecified atom stereocenters. The molecule has 0 saturated carbocycles. The van der Waals surface area contributed by atoms with Crippen molar-refractivity contribution < 1.29 is 18.8 Å². The van der Waals surface area contributed by atoms with Crippen LogP contribution in [0.5, 0.6) is 0 Å². The van der Waals surface area contributed by atoms with E-state index in [0.717, 1.165) is 18.2 Å². The number of benzene rings is 1. The van der Waals surface area contributed by atoms with Crippen molar-refractivity contribution in [1.29, 1.82) is 0 Å². The summed E-state index contributed by atoms with van der Waals surface area (Å²) in [6.07, 6.45) is 0.315. The van der Waals surface area contributed by atoms with Crippen molar-refractivity contribution in [3.8, 4) is 0 Å². The number of halogens is 1. The van der Waals surface area contributed by atoms with Gasteiger partial charge in [0.25, 0.3) is 5.69 Å². The zero-order valence-electron chi connectivity index (χ0n) is 9.89. The fourth-order valence-corrected chi connectivity index (χ4v) is 1.73. The van der Waals surface area contributed by atoms with E-state index in [-0.39, 0.29) is 18.0 Å². The molecule has 1 fully saturated rings. The lowest BCUT2D eigenvalue weighted by Gasteiger charge is -2.20. The Balaban J connectivity index is 2.20. The number of nitrogens with one attached hydrogen (secondary N) is 1. The molecule has 1 aliphatic heterocycles. The number of nitro benzene ring substituents is 1. The average Bonchev–Trinajstić information content (AvgIpc) is 2.80. The summed E-state index contributed by atoms with van der Waals surface area (Å²) in [5, 5.41) is 12.9. The maximum Gasteiger partial charge on any atom is 0.271 e. The van der Waals surface area contributed by atoms with E-state index in [0.29, 0.717) is 13.0 Å². The van der Waals surface area contributed by atoms with Crippen LogP contribution in [0.15, 0.2) is 18.2 Å². The number of anilines is 1. The molecular weight excluding hydrogens is 257 g/mol. The van der Waals surface area contributed by atoms with E-state index >= 15 is 0 Å². The van der Waals surface area contributed by atoms with Gasteiger partial charge in [0.05, 0.1) is 17.2 Å². The van der Waals surface area contributed by atoms with Crippen molar-refractivity contribution in [2.45, 2.75) is 12.0 Å². The molecule has 1 aromatic carbocycles. The summed E-state index contributed by atoms with van der Waals surface area (Å²) < 4.78 is 18.5. The van der Waals surface area contributed by atoms with Gasteiger partial charge in [-0.15, -0.1) is 0 Å². The van der Waals surface area contributed by atoms with Gasteiger partial charge in [0.1, 0.15) is 11.4 Å². The number of hydrogen-bond donors (Lipinski definition) is 2. The summed E-state index contributed by atoms with van der Waals surface area (Å²) in [6, 6.07) is 2.89. The Morgan fingerprint density at radius 2 is 2.32 bits per heavy atom. The Hall–Kier alpha value is -2.06. The first-order chi connectivity index (χ1) is 8.92. The molecule has 1 amide bonds. The van der Waals surface area contributed by atoms with Crippen molar-refractivity contribution in [2.24, 2.45) is 5.73 Å². The number of nitro groups is 1. The summed E-state index contributed by atoms with van der Waals surface area (Å²) in [6.45, 7) is 0.386. The molecule has 2 rings (SSSR count). The summed E-state index contributed by atoms with van der Waals surface area (Å²) in [4.78, 5) is 21.8. The molecule has 102 valence electrons. The van der Waals surface area contributed by atoms with Crippen molar-refractivity contribution in [3.63, 3.8) is 0 Å². The van der Waals surface area contributed by atoms with Gasteiger partial charge in [0.2, 0.25) is 5.91 Å². The van der Waals surface area contributed by atoms with Crippen LogP contribution >= 0.6 is 0 Å². The van der Waals surface area contributed by atoms with Crippen molar-refractivity contribution >= 4 is 17.3 Å². The lowest BCUT2D eigenvalue weighted by molar-refractivity contribution is -0.384. The topological polar surface area (TPSA) is 107 Å². The fourth-order valence-electron chi connectivity index (χ4n) is 1.73. The third kappa shape index (κ3) is 2.69. The molecule has 8 heteroatoms. The average molecular weight is 269 g/mol. The van der Waals surface area contributed by atoms with Gasteiger partial charge in [-0.2, -0.15) is 0 Å². The number of non-ortho nitro benzene ring substituents is 1. The van der Waals surface area contributed by atoms with E-state index in [1.54, 1.807) is 0 Å². The predicted octanol–water partition coefficient (Wildman–Crippen LogP) is 0.790. The third-order valence-electron chi connectivity index (χ3n) is 2.91. The molecule has 1 atom stereocenters. The Bertz CT molecular complexity index is 529. The van der Waals surface area contributed by atoms with Crippen LogP contribution in [0.3, 0.4) is 0 Å². The van der Waals surface area contributed by atoms with Gasteiger partial charge in [-0.25, -0.2) is 4.39 Å². The molecule has 1 heterocycles. The SMILES string of the molecule is NC1(C(=O)Nc2cc([N+](=O)[O-])ccc2F)CCOC1. The highest BCUT2D eigenvalue weighted by atomic mass is 19.1. The van der Waals surface area contributed by atoms with Crippen molar-refractivity contribution in [3.05, 3.63) is 34.1 Å². The van der Waals surface area contributed by atoms with Gasteiger partial charge >= 0.3 is 0 Å². The minimum Gasteiger partial charge on any atom is -0.379 e. The highest BCUT2D eigenvalue weighted by Gasteiger charge is 2.38. The highest BCUT2D eigenvalue weighted by molar-refractivity contribution is 5.98. The molecule has 1 saturated heterocycles. The predicted molar refractivity (Wildman–Crippen MR) is 64.0 cm³/mol. The number of ether oxygens (including phenoxy) is 1. The Morgan fingerprint density at radius 3 is 2.89 bits per heavy atom. The molecular formula is C11H12FN3O4. The molecule has 0 spiro atoms. The van der Waals surface area contributed by atoms with Crippen LogP contribution in [-0.4, -0.2) is 29.6 Å². The van der Waals surface area contributed by atoms with Crippen LogP contribution in [0.2, 0.25) is 0 Å². The molecule has 0 bridgehead atoms. The zero-order chi connectivity index (χ0) is 14.0. The summed E-state index contributed by atoms with van der Waals surface area (Å²) in [5.74, 6) is -1.38. The van der Waals surface area contributed by atoms with E-state index in [9.17, 15) is 19.3 Å². The molecule has 3 N–H and O–H groups in total. The molecule has 0 aliphatic carbocycles. The maximum absolute atomic E-state index is 13.5. The first kappa shape index (κ1) is 13.4. The zero-order valence-corrected chi connectivity index (χ0v) is 9.89. The van der Waals surface area contributed by atoms with E-state index in [1.165, 1.54) is 0 Å². The van der Waals surface area contributed by atoms with Crippen LogP contribution in [-0.2, 0) is 9.53 Å². The number of nitrogens with two attached hydrogens (primary N) is 1. The van der Waals surface area contributed by atoms with Crippen LogP contribution < -0.4 is 11.1 Å². The van der Waals surface area contributed by atoms with Crippen LogP contribution in [0.4, 0.5) is 15.8 Å². The van der Waals surface area contributed by atoms with E-state index < -0.39 is 22.2 Å². The standard InChI is InChI=1S/C11H12FN3O4/c12-8-2-1-7(15(17)18)5-9(8)14-10(16)11(13)3-4-19-6-11/h1-2,5H,3-4,6,13H2,(H,14,16). The molecule has 19 heavy (non-hydrogen) atoms. The second-order valence-corrected chi connectivity index (χ2v) is 4.33. The molecule has 1 aromatic rings. The van der Waals surface area contributed by atoms with E-state index in [2.05, 4.69) is 5.32 Å². The number of hydrogen-bond acceptors (Lipinski definition) is 5. The van der Waals surface area contributed by atoms with Crippen LogP contribution in [0.1, 0.15) is 6.42 Å². The maximum atomic E-state index is 13.5. The lowest BCUT2D eigenvalue weighted by Crippen LogP contribution is -2.51. The molecule has 7 nitrogen and oxygen atoms in total. The molecule has 0 radical (unpaired) electrons. The number of carbonyl (C=O) groups excluding carboxylic acids is 1. The smallest absolute Gasteiger partial charge is 0.271 e. The van der Waals surface area contributed by atoms with Gasteiger partial charge in [0.15, 0.2) is 0 Å². The Kier molecular flexibility index (Phi) is 3.45. The van der Waals surface area contributed by atoms with Gasteiger partial charge in [0, 0.05) is 18.7 Å². The van der Waals surface area contributed by atoms with Crippen LogP contribution in [0.25, 0.3) is 0 Å². The number of carbonyl (C=O) groups is 1. The Labute approximate surface area is 107 Å².